The van der Waals surface area contributed by atoms with E-state index in [2.05, 4.69) is 25.6 Å². The zero-order valence-corrected chi connectivity index (χ0v) is 11.3. The first-order valence-corrected chi connectivity index (χ1v) is 6.95. The standard InChI is InChI=1S/C9H13BrN2O3S/c1-6-3-8(10)4-11-9(6)12-16(14,15)7(2)5-13/h3-4,7,13H,5H2,1-2H3,(H,11,12). The molecule has 0 aliphatic carbocycles. The Hall–Kier alpha value is -0.660. The summed E-state index contributed by atoms with van der Waals surface area (Å²) in [4.78, 5) is 3.96. The van der Waals surface area contributed by atoms with Crippen molar-refractivity contribution in [1.82, 2.24) is 4.98 Å². The first-order chi connectivity index (χ1) is 7.36. The van der Waals surface area contributed by atoms with Crippen molar-refractivity contribution in [2.75, 3.05) is 11.3 Å². The van der Waals surface area contributed by atoms with Gasteiger partial charge in [0.15, 0.2) is 0 Å². The van der Waals surface area contributed by atoms with Crippen LogP contribution in [0.5, 0.6) is 0 Å². The predicted molar refractivity (Wildman–Crippen MR) is 65.8 cm³/mol. The van der Waals surface area contributed by atoms with Crippen molar-refractivity contribution in [3.8, 4) is 0 Å². The highest BCUT2D eigenvalue weighted by Gasteiger charge is 2.20. The van der Waals surface area contributed by atoms with E-state index in [-0.39, 0.29) is 5.82 Å². The number of aliphatic hydroxyl groups is 1. The average molecular weight is 309 g/mol. The number of sulfonamides is 1. The van der Waals surface area contributed by atoms with Crippen LogP contribution in [0.25, 0.3) is 0 Å². The van der Waals surface area contributed by atoms with Crippen LogP contribution < -0.4 is 4.72 Å². The monoisotopic (exact) mass is 308 g/mol. The number of halogens is 1. The van der Waals surface area contributed by atoms with Crippen LogP contribution in [0.2, 0.25) is 0 Å². The van der Waals surface area contributed by atoms with Crippen molar-refractivity contribution in [3.63, 3.8) is 0 Å². The van der Waals surface area contributed by atoms with Crippen LogP contribution in [-0.2, 0) is 10.0 Å². The molecule has 2 N–H and O–H groups in total. The average Bonchev–Trinajstić information content (AvgIpc) is 2.21. The Morgan fingerprint density at radius 1 is 1.62 bits per heavy atom. The van der Waals surface area contributed by atoms with Gasteiger partial charge in [-0.2, -0.15) is 0 Å². The Bertz CT molecular complexity index is 476. The SMILES string of the molecule is Cc1cc(Br)cnc1NS(=O)(=O)C(C)CO. The van der Waals surface area contributed by atoms with Crippen LogP contribution >= 0.6 is 15.9 Å². The van der Waals surface area contributed by atoms with Crippen molar-refractivity contribution in [2.24, 2.45) is 0 Å². The molecule has 0 radical (unpaired) electrons. The maximum Gasteiger partial charge on any atom is 0.238 e. The molecule has 0 amide bonds. The Balaban J connectivity index is 2.97. The van der Waals surface area contributed by atoms with Crippen molar-refractivity contribution in [2.45, 2.75) is 19.1 Å². The topological polar surface area (TPSA) is 79.3 Å². The highest BCUT2D eigenvalue weighted by atomic mass is 79.9. The van der Waals surface area contributed by atoms with Gasteiger partial charge in [-0.25, -0.2) is 13.4 Å². The molecule has 1 rings (SSSR count). The molecule has 1 aromatic rings. The van der Waals surface area contributed by atoms with E-state index in [1.165, 1.54) is 13.1 Å². The van der Waals surface area contributed by atoms with Gasteiger partial charge in [0.25, 0.3) is 0 Å². The fourth-order valence-corrected chi connectivity index (χ4v) is 2.31. The van der Waals surface area contributed by atoms with Crippen LogP contribution in [0, 0.1) is 6.92 Å². The Labute approximate surface area is 103 Å². The quantitative estimate of drug-likeness (QED) is 0.878. The lowest BCUT2D eigenvalue weighted by Gasteiger charge is -2.13. The third-order valence-electron chi connectivity index (χ3n) is 2.07. The lowest BCUT2D eigenvalue weighted by Crippen LogP contribution is -2.28. The first kappa shape index (κ1) is 13.4. The van der Waals surface area contributed by atoms with Gasteiger partial charge in [0.2, 0.25) is 10.0 Å². The summed E-state index contributed by atoms with van der Waals surface area (Å²) in [6, 6.07) is 1.76. The molecule has 0 saturated heterocycles. The number of aryl methyl sites for hydroxylation is 1. The van der Waals surface area contributed by atoms with E-state index in [1.54, 1.807) is 13.0 Å². The molecule has 16 heavy (non-hydrogen) atoms. The molecule has 0 fully saturated rings. The van der Waals surface area contributed by atoms with E-state index >= 15 is 0 Å². The number of hydrogen-bond acceptors (Lipinski definition) is 4. The van der Waals surface area contributed by atoms with E-state index < -0.39 is 21.9 Å². The smallest absolute Gasteiger partial charge is 0.238 e. The molecule has 0 spiro atoms. The molecule has 5 nitrogen and oxygen atoms in total. The van der Waals surface area contributed by atoms with Crippen molar-refractivity contribution in [3.05, 3.63) is 22.3 Å². The lowest BCUT2D eigenvalue weighted by atomic mass is 10.3. The second-order valence-electron chi connectivity index (χ2n) is 3.46. The van der Waals surface area contributed by atoms with Crippen LogP contribution in [0.4, 0.5) is 5.82 Å². The summed E-state index contributed by atoms with van der Waals surface area (Å²) in [5.74, 6) is 0.281. The van der Waals surface area contributed by atoms with Gasteiger partial charge < -0.3 is 5.11 Å². The lowest BCUT2D eigenvalue weighted by molar-refractivity contribution is 0.296. The Kier molecular flexibility index (Phi) is 4.28. The highest BCUT2D eigenvalue weighted by molar-refractivity contribution is 9.10. The summed E-state index contributed by atoms with van der Waals surface area (Å²) in [6.07, 6.45) is 1.51. The summed E-state index contributed by atoms with van der Waals surface area (Å²) in [5, 5.41) is 7.95. The summed E-state index contributed by atoms with van der Waals surface area (Å²) in [6.45, 7) is 2.75. The zero-order chi connectivity index (χ0) is 12.3. The molecule has 0 saturated carbocycles. The molecule has 1 unspecified atom stereocenters. The summed E-state index contributed by atoms with van der Waals surface area (Å²) >= 11 is 3.24. The van der Waals surface area contributed by atoms with E-state index in [0.717, 1.165) is 4.47 Å². The molecule has 0 bridgehead atoms. The fraction of sp³-hybridized carbons (Fsp3) is 0.444. The first-order valence-electron chi connectivity index (χ1n) is 4.61. The van der Waals surface area contributed by atoms with Gasteiger partial charge in [0.1, 0.15) is 11.1 Å². The van der Waals surface area contributed by atoms with Gasteiger partial charge in [-0.05, 0) is 41.4 Å². The minimum atomic E-state index is -3.58. The number of aromatic nitrogens is 1. The zero-order valence-electron chi connectivity index (χ0n) is 8.94. The molecule has 90 valence electrons. The van der Waals surface area contributed by atoms with Crippen molar-refractivity contribution >= 4 is 31.8 Å². The Morgan fingerprint density at radius 3 is 2.75 bits per heavy atom. The number of nitrogens with zero attached hydrogens (tertiary/aromatic N) is 1. The molecule has 1 aromatic heterocycles. The maximum absolute atomic E-state index is 11.6. The number of aliphatic hydroxyl groups excluding tert-OH is 1. The molecule has 0 aliphatic rings. The maximum atomic E-state index is 11.6. The number of nitrogens with one attached hydrogen (secondary N) is 1. The number of rotatable bonds is 4. The van der Waals surface area contributed by atoms with E-state index in [4.69, 9.17) is 5.11 Å². The molecular formula is C9H13BrN2O3S. The van der Waals surface area contributed by atoms with Crippen molar-refractivity contribution < 1.29 is 13.5 Å². The molecule has 1 heterocycles. The van der Waals surface area contributed by atoms with E-state index in [1.807, 2.05) is 0 Å². The Morgan fingerprint density at radius 2 is 2.25 bits per heavy atom. The molecular weight excluding hydrogens is 296 g/mol. The van der Waals surface area contributed by atoms with Crippen LogP contribution in [0.3, 0.4) is 0 Å². The number of pyridine rings is 1. The normalized spacial score (nSPS) is 13.5. The van der Waals surface area contributed by atoms with Gasteiger partial charge in [-0.3, -0.25) is 4.72 Å². The number of anilines is 1. The predicted octanol–water partition coefficient (Wildman–Crippen LogP) is 1.28. The van der Waals surface area contributed by atoms with E-state index in [9.17, 15) is 8.42 Å². The van der Waals surface area contributed by atoms with Crippen LogP contribution in [-0.4, -0.2) is 30.4 Å². The molecule has 7 heteroatoms. The largest absolute Gasteiger partial charge is 0.395 e. The minimum absolute atomic E-state index is 0.281. The van der Waals surface area contributed by atoms with Crippen LogP contribution in [0.15, 0.2) is 16.7 Å². The van der Waals surface area contributed by atoms with E-state index in [0.29, 0.717) is 5.56 Å². The van der Waals surface area contributed by atoms with Gasteiger partial charge in [0.05, 0.1) is 6.61 Å². The number of hydrogen-bond donors (Lipinski definition) is 2. The third-order valence-corrected chi connectivity index (χ3v) is 4.19. The summed E-state index contributed by atoms with van der Waals surface area (Å²) in [5.41, 5.74) is 0.711. The van der Waals surface area contributed by atoms with Gasteiger partial charge in [-0.15, -0.1) is 0 Å². The second-order valence-corrected chi connectivity index (χ2v) is 6.47. The summed E-state index contributed by atoms with van der Waals surface area (Å²) < 4.78 is 26.4. The third kappa shape index (κ3) is 3.16. The van der Waals surface area contributed by atoms with Gasteiger partial charge in [0, 0.05) is 10.7 Å². The van der Waals surface area contributed by atoms with Gasteiger partial charge in [-0.1, -0.05) is 0 Å². The highest BCUT2D eigenvalue weighted by Crippen LogP contribution is 2.18. The molecule has 0 aromatic carbocycles. The minimum Gasteiger partial charge on any atom is -0.395 e. The fourth-order valence-electron chi connectivity index (χ4n) is 0.981. The van der Waals surface area contributed by atoms with Crippen molar-refractivity contribution in [1.29, 1.82) is 0 Å². The molecule has 0 aliphatic heterocycles. The van der Waals surface area contributed by atoms with Gasteiger partial charge >= 0.3 is 0 Å². The summed E-state index contributed by atoms with van der Waals surface area (Å²) in [7, 11) is -3.58. The molecule has 1 atom stereocenters. The second kappa shape index (κ2) is 5.11. The van der Waals surface area contributed by atoms with Crippen LogP contribution in [0.1, 0.15) is 12.5 Å².